The average molecular weight is 354 g/mol. The standard InChI is InChI=1S/C20H22N2O4/c1-22(16(13-19(21)23)11-14-5-3-2-4-6-14)20(24)15-7-8-17-18(12-15)26-10-9-25-17/h2-8,12,16H,9-11,13H2,1H3,(H2,21,23)/t16-/m0/s1. The Bertz CT molecular complexity index is 792. The van der Waals surface area contributed by atoms with Gasteiger partial charge in [0.15, 0.2) is 11.5 Å². The van der Waals surface area contributed by atoms with Gasteiger partial charge in [0.25, 0.3) is 5.91 Å². The van der Waals surface area contributed by atoms with Gasteiger partial charge in [0, 0.05) is 25.1 Å². The summed E-state index contributed by atoms with van der Waals surface area (Å²) in [7, 11) is 1.69. The molecule has 26 heavy (non-hydrogen) atoms. The van der Waals surface area contributed by atoms with Gasteiger partial charge in [-0.15, -0.1) is 0 Å². The molecule has 0 unspecified atom stereocenters. The summed E-state index contributed by atoms with van der Waals surface area (Å²) >= 11 is 0. The average Bonchev–Trinajstić information content (AvgIpc) is 2.66. The highest BCUT2D eigenvalue weighted by Gasteiger charge is 2.24. The molecule has 1 atom stereocenters. The number of nitrogens with two attached hydrogens (primary N) is 1. The minimum Gasteiger partial charge on any atom is -0.486 e. The van der Waals surface area contributed by atoms with Crippen LogP contribution in [0.3, 0.4) is 0 Å². The van der Waals surface area contributed by atoms with Gasteiger partial charge in [-0.3, -0.25) is 9.59 Å². The summed E-state index contributed by atoms with van der Waals surface area (Å²) in [5.41, 5.74) is 6.93. The van der Waals surface area contributed by atoms with Crippen LogP contribution in [-0.4, -0.2) is 43.0 Å². The lowest BCUT2D eigenvalue weighted by Gasteiger charge is -2.28. The molecule has 1 aliphatic rings. The van der Waals surface area contributed by atoms with Crippen molar-refractivity contribution in [1.82, 2.24) is 4.90 Å². The molecule has 6 nitrogen and oxygen atoms in total. The van der Waals surface area contributed by atoms with E-state index >= 15 is 0 Å². The number of carbonyl (C=O) groups is 2. The van der Waals surface area contributed by atoms with Crippen LogP contribution < -0.4 is 15.2 Å². The van der Waals surface area contributed by atoms with Crippen molar-refractivity contribution in [1.29, 1.82) is 0 Å². The molecule has 136 valence electrons. The summed E-state index contributed by atoms with van der Waals surface area (Å²) < 4.78 is 11.0. The van der Waals surface area contributed by atoms with E-state index < -0.39 is 5.91 Å². The van der Waals surface area contributed by atoms with Gasteiger partial charge in [-0.1, -0.05) is 30.3 Å². The van der Waals surface area contributed by atoms with E-state index in [1.165, 1.54) is 0 Å². The molecule has 6 heteroatoms. The molecule has 2 amide bonds. The molecule has 1 heterocycles. The van der Waals surface area contributed by atoms with Crippen LogP contribution in [-0.2, 0) is 11.2 Å². The van der Waals surface area contributed by atoms with Crippen molar-refractivity contribution in [3.63, 3.8) is 0 Å². The summed E-state index contributed by atoms with van der Waals surface area (Å²) in [6.45, 7) is 0.955. The molecule has 2 aromatic rings. The molecule has 2 N–H and O–H groups in total. The van der Waals surface area contributed by atoms with E-state index in [0.717, 1.165) is 5.56 Å². The Hall–Kier alpha value is -3.02. The Morgan fingerprint density at radius 2 is 1.77 bits per heavy atom. The zero-order valence-corrected chi connectivity index (χ0v) is 14.7. The van der Waals surface area contributed by atoms with E-state index in [2.05, 4.69) is 0 Å². The maximum Gasteiger partial charge on any atom is 0.254 e. The number of primary amides is 1. The van der Waals surface area contributed by atoms with Gasteiger partial charge in [0.1, 0.15) is 13.2 Å². The van der Waals surface area contributed by atoms with Crippen molar-refractivity contribution in [3.8, 4) is 11.5 Å². The van der Waals surface area contributed by atoms with E-state index in [1.807, 2.05) is 30.3 Å². The first-order valence-corrected chi connectivity index (χ1v) is 8.53. The lowest BCUT2D eigenvalue weighted by Crippen LogP contribution is -2.41. The van der Waals surface area contributed by atoms with Crippen molar-refractivity contribution in [2.45, 2.75) is 18.9 Å². The number of carbonyl (C=O) groups excluding carboxylic acids is 2. The molecule has 1 aliphatic heterocycles. The van der Waals surface area contributed by atoms with Crippen molar-refractivity contribution in [2.24, 2.45) is 5.73 Å². The number of rotatable bonds is 6. The Kier molecular flexibility index (Phi) is 5.41. The lowest BCUT2D eigenvalue weighted by atomic mass is 10.0. The van der Waals surface area contributed by atoms with Crippen LogP contribution in [0.4, 0.5) is 0 Å². The molecule has 0 radical (unpaired) electrons. The van der Waals surface area contributed by atoms with Crippen molar-refractivity contribution < 1.29 is 19.1 Å². The Balaban J connectivity index is 1.80. The Morgan fingerprint density at radius 3 is 2.46 bits per heavy atom. The van der Waals surface area contributed by atoms with Crippen LogP contribution in [0.5, 0.6) is 11.5 Å². The van der Waals surface area contributed by atoms with E-state index in [9.17, 15) is 9.59 Å². The third-order valence-electron chi connectivity index (χ3n) is 4.41. The first-order valence-electron chi connectivity index (χ1n) is 8.53. The topological polar surface area (TPSA) is 81.9 Å². The van der Waals surface area contributed by atoms with E-state index in [1.54, 1.807) is 30.1 Å². The second kappa shape index (κ2) is 7.91. The second-order valence-corrected chi connectivity index (χ2v) is 6.29. The van der Waals surface area contributed by atoms with Crippen LogP contribution in [0, 0.1) is 0 Å². The largest absolute Gasteiger partial charge is 0.486 e. The predicted octanol–water partition coefficient (Wildman–Crippen LogP) is 2.02. The molecular weight excluding hydrogens is 332 g/mol. The number of hydrogen-bond acceptors (Lipinski definition) is 4. The maximum absolute atomic E-state index is 12.9. The third-order valence-corrected chi connectivity index (χ3v) is 4.41. The zero-order chi connectivity index (χ0) is 18.5. The first-order chi connectivity index (χ1) is 12.5. The van der Waals surface area contributed by atoms with Gasteiger partial charge in [0.2, 0.25) is 5.91 Å². The highest BCUT2D eigenvalue weighted by atomic mass is 16.6. The van der Waals surface area contributed by atoms with Gasteiger partial charge >= 0.3 is 0 Å². The lowest BCUT2D eigenvalue weighted by molar-refractivity contribution is -0.118. The molecule has 0 aliphatic carbocycles. The van der Waals surface area contributed by atoms with Crippen LogP contribution in [0.15, 0.2) is 48.5 Å². The highest BCUT2D eigenvalue weighted by Crippen LogP contribution is 2.31. The molecular formula is C20H22N2O4. The van der Waals surface area contributed by atoms with Gasteiger partial charge < -0.3 is 20.1 Å². The van der Waals surface area contributed by atoms with Crippen molar-refractivity contribution >= 4 is 11.8 Å². The van der Waals surface area contributed by atoms with E-state index in [4.69, 9.17) is 15.2 Å². The van der Waals surface area contributed by atoms with E-state index in [0.29, 0.717) is 36.7 Å². The van der Waals surface area contributed by atoms with Crippen molar-refractivity contribution in [3.05, 3.63) is 59.7 Å². The normalized spacial score (nSPS) is 13.7. The smallest absolute Gasteiger partial charge is 0.254 e. The predicted molar refractivity (Wildman–Crippen MR) is 97.3 cm³/mol. The number of fused-ring (bicyclic) bond motifs is 1. The van der Waals surface area contributed by atoms with Gasteiger partial charge in [-0.25, -0.2) is 0 Å². The molecule has 2 aromatic carbocycles. The Labute approximate surface area is 152 Å². The minimum absolute atomic E-state index is 0.0989. The number of benzene rings is 2. The van der Waals surface area contributed by atoms with Crippen LogP contribution in [0.2, 0.25) is 0 Å². The van der Waals surface area contributed by atoms with Gasteiger partial charge in [0.05, 0.1) is 0 Å². The van der Waals surface area contributed by atoms with Crippen LogP contribution >= 0.6 is 0 Å². The highest BCUT2D eigenvalue weighted by molar-refractivity contribution is 5.95. The fourth-order valence-electron chi connectivity index (χ4n) is 3.01. The number of ether oxygens (including phenoxy) is 2. The van der Waals surface area contributed by atoms with Crippen LogP contribution in [0.25, 0.3) is 0 Å². The van der Waals surface area contributed by atoms with Crippen LogP contribution in [0.1, 0.15) is 22.3 Å². The SMILES string of the molecule is CN(C(=O)c1ccc2c(c1)OCCO2)[C@H](CC(N)=O)Cc1ccccc1. The van der Waals surface area contributed by atoms with E-state index in [-0.39, 0.29) is 18.4 Å². The molecule has 0 fully saturated rings. The summed E-state index contributed by atoms with van der Waals surface area (Å²) in [5.74, 6) is 0.565. The number of amides is 2. The zero-order valence-electron chi connectivity index (χ0n) is 14.7. The van der Waals surface area contributed by atoms with Crippen molar-refractivity contribution in [2.75, 3.05) is 20.3 Å². The number of nitrogens with zero attached hydrogens (tertiary/aromatic N) is 1. The molecule has 0 saturated carbocycles. The molecule has 0 spiro atoms. The summed E-state index contributed by atoms with van der Waals surface area (Å²) in [6.07, 6.45) is 0.651. The summed E-state index contributed by atoms with van der Waals surface area (Å²) in [5, 5.41) is 0. The molecule has 0 saturated heterocycles. The van der Waals surface area contributed by atoms with Gasteiger partial charge in [-0.2, -0.15) is 0 Å². The quantitative estimate of drug-likeness (QED) is 0.860. The minimum atomic E-state index is -0.437. The maximum atomic E-state index is 12.9. The van der Waals surface area contributed by atoms with Gasteiger partial charge in [-0.05, 0) is 30.2 Å². The molecule has 0 aromatic heterocycles. The fraction of sp³-hybridized carbons (Fsp3) is 0.300. The molecule has 0 bridgehead atoms. The number of likely N-dealkylation sites (N-methyl/N-ethyl adjacent to an activating group) is 1. The fourth-order valence-corrected chi connectivity index (χ4v) is 3.01. The monoisotopic (exact) mass is 354 g/mol. The Morgan fingerprint density at radius 1 is 1.08 bits per heavy atom. The molecule has 3 rings (SSSR count). The summed E-state index contributed by atoms with van der Waals surface area (Å²) in [6, 6.07) is 14.5. The number of hydrogen-bond donors (Lipinski definition) is 1. The second-order valence-electron chi connectivity index (χ2n) is 6.29. The third kappa shape index (κ3) is 4.14. The summed E-state index contributed by atoms with van der Waals surface area (Å²) in [4.78, 5) is 26.0. The first kappa shape index (κ1) is 17.8.